The second-order valence-electron chi connectivity index (χ2n) is 11.3. The van der Waals surface area contributed by atoms with Gasteiger partial charge in [0.15, 0.2) is 5.96 Å². The van der Waals surface area contributed by atoms with Crippen LogP contribution in [0.3, 0.4) is 0 Å². The van der Waals surface area contributed by atoms with E-state index in [9.17, 15) is 9.59 Å². The minimum atomic E-state index is -0.608. The Morgan fingerprint density at radius 2 is 1.88 bits per heavy atom. The molecular weight excluding hydrogens is 502 g/mol. The van der Waals surface area contributed by atoms with Gasteiger partial charge in [0, 0.05) is 35.5 Å². The molecule has 2 amide bonds. The maximum Gasteiger partial charge on any atom is 0.251 e. The number of ether oxygens (including phenoxy) is 1. The second-order valence-corrected chi connectivity index (χ2v) is 11.3. The molecule has 3 aromatic rings. The van der Waals surface area contributed by atoms with Crippen LogP contribution in [0.25, 0.3) is 0 Å². The molecule has 0 radical (unpaired) electrons. The summed E-state index contributed by atoms with van der Waals surface area (Å²) in [5, 5.41) is 15.4. The first-order valence-corrected chi connectivity index (χ1v) is 13.9. The summed E-state index contributed by atoms with van der Waals surface area (Å²) < 4.78 is 6.13. The van der Waals surface area contributed by atoms with Crippen molar-refractivity contribution in [2.45, 2.75) is 76.6 Å². The standard InChI is InChI=1S/C32H37N5O3/c1-5-32(6-2)19-27(38)37(30(33)36-32)28(23-13-10-16-34-20-23)21-11-9-12-22(17-21)29(39)35-25-18-31(3,4)40-26-15-8-7-14-24(25)26/h7-17,20,25,28H,5-6,18-19H2,1-4H3,(H2,33,36)(H,35,39)/t25-,28-/m0/s1. The summed E-state index contributed by atoms with van der Waals surface area (Å²) in [6, 6.07) is 18.0. The monoisotopic (exact) mass is 539 g/mol. The van der Waals surface area contributed by atoms with E-state index in [0.29, 0.717) is 12.0 Å². The number of aromatic nitrogens is 1. The number of para-hydroxylation sites is 1. The molecular formula is C32H37N5O3. The first-order valence-electron chi connectivity index (χ1n) is 13.9. The van der Waals surface area contributed by atoms with Crippen LogP contribution in [0, 0.1) is 5.41 Å². The van der Waals surface area contributed by atoms with E-state index in [4.69, 9.17) is 10.1 Å². The van der Waals surface area contributed by atoms with Crippen LogP contribution in [0.1, 0.15) is 92.5 Å². The maximum absolute atomic E-state index is 13.6. The van der Waals surface area contributed by atoms with E-state index >= 15 is 0 Å². The highest BCUT2D eigenvalue weighted by molar-refractivity contribution is 6.00. The molecule has 3 heterocycles. The Hall–Kier alpha value is -4.20. The normalized spacial score (nSPS) is 20.1. The number of benzene rings is 2. The molecule has 1 fully saturated rings. The number of pyridine rings is 1. The molecule has 0 bridgehead atoms. The molecule has 8 nitrogen and oxygen atoms in total. The van der Waals surface area contributed by atoms with Crippen molar-refractivity contribution in [3.63, 3.8) is 0 Å². The van der Waals surface area contributed by atoms with E-state index in [0.717, 1.165) is 35.3 Å². The molecule has 2 aliphatic rings. The first kappa shape index (κ1) is 27.4. The third kappa shape index (κ3) is 5.30. The zero-order chi connectivity index (χ0) is 28.5. The van der Waals surface area contributed by atoms with Gasteiger partial charge in [-0.25, -0.2) is 0 Å². The number of hydrogen-bond donors (Lipinski definition) is 3. The van der Waals surface area contributed by atoms with Crippen LogP contribution < -0.4 is 15.4 Å². The number of amides is 2. The van der Waals surface area contributed by atoms with Crippen LogP contribution in [0.15, 0.2) is 73.1 Å². The minimum absolute atomic E-state index is 0.0599. The summed E-state index contributed by atoms with van der Waals surface area (Å²) in [6.07, 6.45) is 5.79. The average Bonchev–Trinajstić information content (AvgIpc) is 2.94. The van der Waals surface area contributed by atoms with Crippen LogP contribution in [-0.4, -0.2) is 38.8 Å². The summed E-state index contributed by atoms with van der Waals surface area (Å²) in [6.45, 7) is 8.11. The number of carbonyl (C=O) groups excluding carboxylic acids is 2. The predicted octanol–water partition coefficient (Wildman–Crippen LogP) is 5.52. The molecule has 0 spiro atoms. The highest BCUT2D eigenvalue weighted by atomic mass is 16.5. The van der Waals surface area contributed by atoms with Gasteiger partial charge in [0.25, 0.3) is 5.91 Å². The number of carbonyl (C=O) groups is 2. The van der Waals surface area contributed by atoms with Gasteiger partial charge in [-0.05, 0) is 62.1 Å². The van der Waals surface area contributed by atoms with Gasteiger partial charge in [-0.15, -0.1) is 0 Å². The molecule has 1 saturated heterocycles. The molecule has 1 aromatic heterocycles. The quantitative estimate of drug-likeness (QED) is 0.367. The molecule has 208 valence electrons. The van der Waals surface area contributed by atoms with Crippen LogP contribution in [0.5, 0.6) is 5.75 Å². The zero-order valence-corrected chi connectivity index (χ0v) is 23.5. The molecule has 0 aliphatic carbocycles. The minimum Gasteiger partial charge on any atom is -0.487 e. The summed E-state index contributed by atoms with van der Waals surface area (Å²) in [5.74, 6) is 0.500. The van der Waals surface area contributed by atoms with E-state index < -0.39 is 17.2 Å². The molecule has 2 atom stereocenters. The van der Waals surface area contributed by atoms with Crippen molar-refractivity contribution in [1.82, 2.24) is 20.5 Å². The van der Waals surface area contributed by atoms with Crippen LogP contribution >= 0.6 is 0 Å². The zero-order valence-electron chi connectivity index (χ0n) is 23.5. The lowest BCUT2D eigenvalue weighted by molar-refractivity contribution is -0.132. The van der Waals surface area contributed by atoms with Crippen molar-refractivity contribution < 1.29 is 14.3 Å². The second kappa shape index (κ2) is 10.8. The average molecular weight is 540 g/mol. The molecule has 0 unspecified atom stereocenters. The van der Waals surface area contributed by atoms with Gasteiger partial charge in [0.2, 0.25) is 5.91 Å². The molecule has 3 N–H and O–H groups in total. The van der Waals surface area contributed by atoms with Crippen LogP contribution in [0.4, 0.5) is 0 Å². The Morgan fingerprint density at radius 1 is 1.12 bits per heavy atom. The molecule has 40 heavy (non-hydrogen) atoms. The molecule has 2 aliphatic heterocycles. The van der Waals surface area contributed by atoms with Crippen molar-refractivity contribution >= 4 is 17.8 Å². The Kier molecular flexibility index (Phi) is 7.36. The highest BCUT2D eigenvalue weighted by Gasteiger charge is 2.43. The Labute approximate surface area is 235 Å². The van der Waals surface area contributed by atoms with E-state index in [1.54, 1.807) is 18.5 Å². The van der Waals surface area contributed by atoms with Crippen molar-refractivity contribution in [3.8, 4) is 5.75 Å². The smallest absolute Gasteiger partial charge is 0.251 e. The fraction of sp³-hybridized carbons (Fsp3) is 0.375. The predicted molar refractivity (Wildman–Crippen MR) is 154 cm³/mol. The largest absolute Gasteiger partial charge is 0.487 e. The SMILES string of the molecule is CCC1(CC)CC(=O)N([C@H](c2cccnc2)c2cccc(C(=O)N[C@H]3CC(C)(C)Oc4ccccc43)c2)C(=N)N1. The Morgan fingerprint density at radius 3 is 2.58 bits per heavy atom. The number of nitrogens with one attached hydrogen (secondary N) is 3. The summed E-state index contributed by atoms with van der Waals surface area (Å²) in [5.41, 5.74) is 2.07. The van der Waals surface area contributed by atoms with E-state index in [2.05, 4.69) is 15.6 Å². The van der Waals surface area contributed by atoms with E-state index in [-0.39, 0.29) is 30.2 Å². The third-order valence-corrected chi connectivity index (χ3v) is 8.14. The number of guanidine groups is 1. The number of nitrogens with zero attached hydrogens (tertiary/aromatic N) is 2. The van der Waals surface area contributed by atoms with Crippen LogP contribution in [-0.2, 0) is 4.79 Å². The Balaban J connectivity index is 1.47. The Bertz CT molecular complexity index is 1400. The van der Waals surface area contributed by atoms with Crippen molar-refractivity contribution in [2.24, 2.45) is 0 Å². The maximum atomic E-state index is 13.6. The molecule has 0 saturated carbocycles. The number of fused-ring (bicyclic) bond motifs is 1. The van der Waals surface area contributed by atoms with Gasteiger partial charge >= 0.3 is 0 Å². The van der Waals surface area contributed by atoms with Crippen LogP contribution in [0.2, 0.25) is 0 Å². The first-order chi connectivity index (χ1) is 19.1. The van der Waals surface area contributed by atoms with Gasteiger partial charge in [0.1, 0.15) is 11.4 Å². The van der Waals surface area contributed by atoms with E-state index in [1.807, 2.05) is 82.3 Å². The van der Waals surface area contributed by atoms with Gasteiger partial charge in [0.05, 0.1) is 18.5 Å². The summed E-state index contributed by atoms with van der Waals surface area (Å²) in [4.78, 5) is 33.0. The van der Waals surface area contributed by atoms with Gasteiger partial charge < -0.3 is 15.4 Å². The lowest BCUT2D eigenvalue weighted by Crippen LogP contribution is -2.62. The van der Waals surface area contributed by atoms with Crippen molar-refractivity contribution in [3.05, 3.63) is 95.3 Å². The van der Waals surface area contributed by atoms with Gasteiger partial charge in [-0.1, -0.05) is 50.2 Å². The molecule has 8 heteroatoms. The number of rotatable bonds is 7. The van der Waals surface area contributed by atoms with Crippen molar-refractivity contribution in [2.75, 3.05) is 0 Å². The summed E-state index contributed by atoms with van der Waals surface area (Å²) in [7, 11) is 0. The van der Waals surface area contributed by atoms with Gasteiger partial charge in [-0.3, -0.25) is 24.9 Å². The highest BCUT2D eigenvalue weighted by Crippen LogP contribution is 2.40. The van der Waals surface area contributed by atoms with Crippen molar-refractivity contribution in [1.29, 1.82) is 5.41 Å². The van der Waals surface area contributed by atoms with E-state index in [1.165, 1.54) is 4.90 Å². The third-order valence-electron chi connectivity index (χ3n) is 8.14. The fourth-order valence-electron chi connectivity index (χ4n) is 5.86. The van der Waals surface area contributed by atoms with Gasteiger partial charge in [-0.2, -0.15) is 0 Å². The fourth-order valence-corrected chi connectivity index (χ4v) is 5.86. The number of hydrogen-bond acceptors (Lipinski definition) is 5. The molecule has 2 aromatic carbocycles. The lowest BCUT2D eigenvalue weighted by Gasteiger charge is -2.45. The summed E-state index contributed by atoms with van der Waals surface area (Å²) >= 11 is 0. The topological polar surface area (TPSA) is 107 Å². The lowest BCUT2D eigenvalue weighted by atomic mass is 9.85. The molecule has 5 rings (SSSR count).